The van der Waals surface area contributed by atoms with Gasteiger partial charge in [-0.25, -0.2) is 8.42 Å². The fourth-order valence-corrected chi connectivity index (χ4v) is 3.98. The molecule has 112 valence electrons. The lowest BCUT2D eigenvalue weighted by Gasteiger charge is -2.15. The Morgan fingerprint density at radius 1 is 1.00 bits per heavy atom. The Morgan fingerprint density at radius 2 is 1.57 bits per heavy atom. The second-order valence-electron chi connectivity index (χ2n) is 5.01. The molecule has 0 saturated heterocycles. The average molecular weight is 369 g/mol. The molecular formula is C15H17BrN2O2S. The van der Waals surface area contributed by atoms with E-state index in [-0.39, 0.29) is 10.6 Å². The molecule has 0 radical (unpaired) electrons. The number of nitrogen functional groups attached to an aromatic ring is 1. The molecular weight excluding hydrogens is 352 g/mol. The SMILES string of the molecule is Cc1ccc(Br)cc1NS(=O)(=O)c1c(C)ccc(C)c1N. The lowest BCUT2D eigenvalue weighted by Crippen LogP contribution is -2.17. The van der Waals surface area contributed by atoms with Gasteiger partial charge in [-0.05, 0) is 49.6 Å². The van der Waals surface area contributed by atoms with Gasteiger partial charge in [0, 0.05) is 4.47 Å². The molecule has 0 aliphatic heterocycles. The van der Waals surface area contributed by atoms with Crippen LogP contribution in [0.4, 0.5) is 11.4 Å². The van der Waals surface area contributed by atoms with E-state index in [0.717, 1.165) is 15.6 Å². The van der Waals surface area contributed by atoms with Crippen molar-refractivity contribution in [3.8, 4) is 0 Å². The van der Waals surface area contributed by atoms with Gasteiger partial charge in [0.1, 0.15) is 4.90 Å². The molecule has 2 rings (SSSR count). The first-order valence-electron chi connectivity index (χ1n) is 6.37. The van der Waals surface area contributed by atoms with Gasteiger partial charge in [0.2, 0.25) is 0 Å². The van der Waals surface area contributed by atoms with Crippen LogP contribution in [-0.4, -0.2) is 8.42 Å². The fourth-order valence-electron chi connectivity index (χ4n) is 2.06. The van der Waals surface area contributed by atoms with Gasteiger partial charge in [-0.2, -0.15) is 0 Å². The second kappa shape index (κ2) is 5.69. The first-order chi connectivity index (χ1) is 9.72. The molecule has 0 aromatic heterocycles. The highest BCUT2D eigenvalue weighted by Crippen LogP contribution is 2.29. The summed E-state index contributed by atoms with van der Waals surface area (Å²) in [5.41, 5.74) is 8.99. The van der Waals surface area contributed by atoms with Gasteiger partial charge < -0.3 is 5.73 Å². The first kappa shape index (κ1) is 15.9. The zero-order valence-electron chi connectivity index (χ0n) is 12.1. The molecule has 0 heterocycles. The number of nitrogens with two attached hydrogens (primary N) is 1. The summed E-state index contributed by atoms with van der Waals surface area (Å²) in [7, 11) is -3.73. The highest BCUT2D eigenvalue weighted by atomic mass is 79.9. The minimum Gasteiger partial charge on any atom is -0.397 e. The van der Waals surface area contributed by atoms with Gasteiger partial charge in [-0.3, -0.25) is 4.72 Å². The first-order valence-corrected chi connectivity index (χ1v) is 8.64. The highest BCUT2D eigenvalue weighted by Gasteiger charge is 2.22. The molecule has 0 spiro atoms. The molecule has 0 aliphatic rings. The van der Waals surface area contributed by atoms with E-state index in [9.17, 15) is 8.42 Å². The summed E-state index contributed by atoms with van der Waals surface area (Å²) in [6, 6.07) is 9.00. The number of anilines is 2. The molecule has 0 bridgehead atoms. The Hall–Kier alpha value is -1.53. The third kappa shape index (κ3) is 3.22. The topological polar surface area (TPSA) is 72.2 Å². The fraction of sp³-hybridized carbons (Fsp3) is 0.200. The van der Waals surface area contributed by atoms with E-state index in [1.807, 2.05) is 25.1 Å². The molecule has 0 saturated carbocycles. The number of halogens is 1. The Kier molecular flexibility index (Phi) is 4.30. The summed E-state index contributed by atoms with van der Waals surface area (Å²) in [5, 5.41) is 0. The molecule has 0 unspecified atom stereocenters. The zero-order chi connectivity index (χ0) is 15.8. The molecule has 6 heteroatoms. The quantitative estimate of drug-likeness (QED) is 0.810. The van der Waals surface area contributed by atoms with Crippen molar-refractivity contribution in [2.75, 3.05) is 10.5 Å². The highest BCUT2D eigenvalue weighted by molar-refractivity contribution is 9.10. The van der Waals surface area contributed by atoms with E-state index >= 15 is 0 Å². The van der Waals surface area contributed by atoms with Crippen molar-refractivity contribution in [3.63, 3.8) is 0 Å². The van der Waals surface area contributed by atoms with Crippen LogP contribution in [0.2, 0.25) is 0 Å². The molecule has 21 heavy (non-hydrogen) atoms. The molecule has 3 N–H and O–H groups in total. The standard InChI is InChI=1S/C15H17BrN2O2S/c1-9-6-7-12(16)8-13(9)18-21(19,20)15-11(3)5-4-10(2)14(15)17/h4-8,18H,17H2,1-3H3. The molecule has 0 amide bonds. The predicted molar refractivity (Wildman–Crippen MR) is 90.0 cm³/mol. The third-order valence-electron chi connectivity index (χ3n) is 3.32. The molecule has 0 aliphatic carbocycles. The van der Waals surface area contributed by atoms with Crippen LogP contribution in [0.25, 0.3) is 0 Å². The largest absolute Gasteiger partial charge is 0.397 e. The number of benzene rings is 2. The molecule has 0 atom stereocenters. The summed E-state index contributed by atoms with van der Waals surface area (Å²) in [6.07, 6.45) is 0. The van der Waals surface area contributed by atoms with Crippen molar-refractivity contribution in [2.45, 2.75) is 25.7 Å². The van der Waals surface area contributed by atoms with Gasteiger partial charge in [0.15, 0.2) is 0 Å². The normalized spacial score (nSPS) is 11.4. The van der Waals surface area contributed by atoms with Gasteiger partial charge in [0.25, 0.3) is 10.0 Å². The van der Waals surface area contributed by atoms with Crippen LogP contribution < -0.4 is 10.5 Å². The maximum Gasteiger partial charge on any atom is 0.264 e. The van der Waals surface area contributed by atoms with Crippen molar-refractivity contribution in [2.24, 2.45) is 0 Å². The van der Waals surface area contributed by atoms with Crippen molar-refractivity contribution >= 4 is 37.3 Å². The van der Waals surface area contributed by atoms with Gasteiger partial charge in [-0.1, -0.05) is 34.1 Å². The van der Waals surface area contributed by atoms with Crippen molar-refractivity contribution in [3.05, 3.63) is 51.5 Å². The lowest BCUT2D eigenvalue weighted by molar-refractivity contribution is 0.601. The van der Waals surface area contributed by atoms with Crippen LogP contribution in [0.1, 0.15) is 16.7 Å². The second-order valence-corrected chi connectivity index (χ2v) is 7.54. The zero-order valence-corrected chi connectivity index (χ0v) is 14.5. The summed E-state index contributed by atoms with van der Waals surface area (Å²) in [6.45, 7) is 5.37. The molecule has 2 aromatic carbocycles. The lowest BCUT2D eigenvalue weighted by atomic mass is 10.1. The smallest absolute Gasteiger partial charge is 0.264 e. The number of rotatable bonds is 3. The Morgan fingerprint density at radius 3 is 2.24 bits per heavy atom. The van der Waals surface area contributed by atoms with Crippen molar-refractivity contribution < 1.29 is 8.42 Å². The number of sulfonamides is 1. The van der Waals surface area contributed by atoms with Crippen LogP contribution in [0, 0.1) is 20.8 Å². The maximum atomic E-state index is 12.7. The number of nitrogens with one attached hydrogen (secondary N) is 1. The van der Waals surface area contributed by atoms with Crippen LogP contribution in [0.5, 0.6) is 0 Å². The van der Waals surface area contributed by atoms with Gasteiger partial charge in [0.05, 0.1) is 11.4 Å². The Labute approximate surface area is 133 Å². The van der Waals surface area contributed by atoms with Crippen LogP contribution in [-0.2, 0) is 10.0 Å². The van der Waals surface area contributed by atoms with E-state index in [2.05, 4.69) is 20.7 Å². The maximum absolute atomic E-state index is 12.7. The van der Waals surface area contributed by atoms with E-state index in [0.29, 0.717) is 11.3 Å². The monoisotopic (exact) mass is 368 g/mol. The minimum absolute atomic E-state index is 0.141. The van der Waals surface area contributed by atoms with E-state index in [1.165, 1.54) is 0 Å². The summed E-state index contributed by atoms with van der Waals surface area (Å²) < 4.78 is 28.7. The number of aryl methyl sites for hydroxylation is 3. The molecule has 2 aromatic rings. The van der Waals surface area contributed by atoms with Gasteiger partial charge >= 0.3 is 0 Å². The summed E-state index contributed by atoms with van der Waals surface area (Å²) >= 11 is 3.34. The van der Waals surface area contributed by atoms with Crippen molar-refractivity contribution in [1.29, 1.82) is 0 Å². The molecule has 4 nitrogen and oxygen atoms in total. The van der Waals surface area contributed by atoms with E-state index in [4.69, 9.17) is 5.73 Å². The molecule has 0 fully saturated rings. The average Bonchev–Trinajstić information content (AvgIpc) is 2.38. The number of hydrogen-bond acceptors (Lipinski definition) is 3. The van der Waals surface area contributed by atoms with E-state index < -0.39 is 10.0 Å². The van der Waals surface area contributed by atoms with Crippen LogP contribution in [0.15, 0.2) is 39.7 Å². The predicted octanol–water partition coefficient (Wildman–Crippen LogP) is 3.76. The van der Waals surface area contributed by atoms with Crippen molar-refractivity contribution in [1.82, 2.24) is 0 Å². The summed E-state index contributed by atoms with van der Waals surface area (Å²) in [4.78, 5) is 0.141. The minimum atomic E-state index is -3.73. The summed E-state index contributed by atoms with van der Waals surface area (Å²) in [5.74, 6) is 0. The Bertz CT molecular complexity index is 802. The van der Waals surface area contributed by atoms with Crippen LogP contribution in [0.3, 0.4) is 0 Å². The third-order valence-corrected chi connectivity index (χ3v) is 5.38. The Balaban J connectivity index is 2.54. The van der Waals surface area contributed by atoms with Crippen LogP contribution >= 0.6 is 15.9 Å². The number of hydrogen-bond donors (Lipinski definition) is 2. The van der Waals surface area contributed by atoms with Gasteiger partial charge in [-0.15, -0.1) is 0 Å². The van der Waals surface area contributed by atoms with E-state index in [1.54, 1.807) is 26.0 Å².